The van der Waals surface area contributed by atoms with Crippen molar-refractivity contribution in [3.8, 4) is 34.5 Å². The van der Waals surface area contributed by atoms with Gasteiger partial charge in [-0.25, -0.2) is 0 Å². The minimum absolute atomic E-state index is 0.223. The first-order valence-electron chi connectivity index (χ1n) is 12.0. The molecule has 1 aliphatic rings. The molecule has 1 aliphatic heterocycles. The van der Waals surface area contributed by atoms with Gasteiger partial charge in [-0.1, -0.05) is 39.8 Å². The van der Waals surface area contributed by atoms with Crippen molar-refractivity contribution in [2.75, 3.05) is 0 Å². The second-order valence-electron chi connectivity index (χ2n) is 9.44. The highest BCUT2D eigenvalue weighted by Gasteiger charge is 2.35. The topological polar surface area (TPSA) is 114 Å². The number of benzene rings is 4. The monoisotopic (exact) mass is 604 g/mol. The number of fused-ring (bicyclic) bond motifs is 2. The molecule has 0 aromatic heterocycles. The summed E-state index contributed by atoms with van der Waals surface area (Å²) in [5.41, 5.74) is 1.97. The zero-order chi connectivity index (χ0) is 29.4. The first-order valence-corrected chi connectivity index (χ1v) is 14.6. The molecule has 0 aliphatic carbocycles. The van der Waals surface area contributed by atoms with E-state index in [0.717, 1.165) is 16.9 Å². The molecule has 4 aromatic rings. The van der Waals surface area contributed by atoms with E-state index in [0.29, 0.717) is 11.3 Å². The van der Waals surface area contributed by atoms with Crippen LogP contribution in [0.4, 0.5) is 7.77 Å². The van der Waals surface area contributed by atoms with Crippen molar-refractivity contribution in [1.82, 2.24) is 0 Å². The van der Waals surface area contributed by atoms with Crippen LogP contribution in [0.5, 0.6) is 34.5 Å². The summed E-state index contributed by atoms with van der Waals surface area (Å²) < 4.78 is 95.6. The molecule has 4 aromatic carbocycles. The molecule has 0 spiro atoms. The Morgan fingerprint density at radius 2 is 1.10 bits per heavy atom. The Bertz CT molecular complexity index is 1710. The minimum Gasteiger partial charge on any atom is -0.457 e. The van der Waals surface area contributed by atoms with Gasteiger partial charge < -0.3 is 22.6 Å². The Morgan fingerprint density at radius 3 is 1.61 bits per heavy atom. The molecule has 0 saturated heterocycles. The van der Waals surface area contributed by atoms with Gasteiger partial charge in [-0.15, -0.1) is 0 Å². The lowest BCUT2D eigenvalue weighted by Gasteiger charge is -2.35. The second-order valence-corrected chi connectivity index (χ2v) is 11.3. The molecule has 0 amide bonds. The third-order valence-corrected chi connectivity index (χ3v) is 7.04. The Balaban J connectivity index is 1.48. The zero-order valence-corrected chi connectivity index (χ0v) is 23.1. The van der Waals surface area contributed by atoms with Gasteiger partial charge in [0.2, 0.25) is 0 Å². The quantitative estimate of drug-likeness (QED) is 0.157. The Morgan fingerprint density at radius 1 is 0.634 bits per heavy atom. The maximum absolute atomic E-state index is 12.9. The Kier molecular flexibility index (Phi) is 7.26. The molecule has 1 heterocycles. The van der Waals surface area contributed by atoms with Crippen LogP contribution in [0.25, 0.3) is 0 Å². The lowest BCUT2D eigenvalue weighted by molar-refractivity contribution is 0.00362. The lowest BCUT2D eigenvalue weighted by atomic mass is 9.75. The van der Waals surface area contributed by atoms with Crippen LogP contribution < -0.4 is 22.6 Å². The molecule has 9 nitrogen and oxygen atoms in total. The van der Waals surface area contributed by atoms with Crippen molar-refractivity contribution in [1.29, 1.82) is 0 Å². The lowest BCUT2D eigenvalue weighted by Crippen LogP contribution is -2.25. The van der Waals surface area contributed by atoms with Crippen molar-refractivity contribution >= 4 is 21.0 Å². The van der Waals surface area contributed by atoms with Crippen LogP contribution in [0, 0.1) is 0 Å². The van der Waals surface area contributed by atoms with Gasteiger partial charge in [0.25, 0.3) is 6.29 Å². The SMILES string of the molecule is CC1(C)c2ccccc2Oc2ccc(C(Oc3ccc(OS(=O)(=O)F)cc3)Oc3ccc(OS(=O)(=O)F)cc3)cc21. The van der Waals surface area contributed by atoms with Crippen molar-refractivity contribution in [2.24, 2.45) is 0 Å². The summed E-state index contributed by atoms with van der Waals surface area (Å²) in [6.07, 6.45) is -1.10. The molecule has 214 valence electrons. The molecule has 5 rings (SSSR count). The predicted molar refractivity (Wildman–Crippen MR) is 143 cm³/mol. The van der Waals surface area contributed by atoms with Crippen molar-refractivity contribution in [2.45, 2.75) is 25.6 Å². The maximum atomic E-state index is 12.9. The smallest absolute Gasteiger partial charge is 0.457 e. The highest BCUT2D eigenvalue weighted by molar-refractivity contribution is 7.82. The van der Waals surface area contributed by atoms with E-state index >= 15 is 0 Å². The fraction of sp³-hybridized carbons (Fsp3) is 0.143. The van der Waals surface area contributed by atoms with Gasteiger partial charge in [0.1, 0.15) is 34.5 Å². The van der Waals surface area contributed by atoms with Crippen LogP contribution in [-0.4, -0.2) is 16.8 Å². The van der Waals surface area contributed by atoms with Crippen molar-refractivity contribution in [3.63, 3.8) is 0 Å². The van der Waals surface area contributed by atoms with E-state index in [1.165, 1.54) is 48.5 Å². The number of para-hydroxylation sites is 1. The van der Waals surface area contributed by atoms with Crippen LogP contribution >= 0.6 is 0 Å². The number of halogens is 2. The molecule has 13 heteroatoms. The number of hydrogen-bond acceptors (Lipinski definition) is 9. The largest absolute Gasteiger partial charge is 0.488 e. The van der Waals surface area contributed by atoms with Crippen LogP contribution in [0.2, 0.25) is 0 Å². The van der Waals surface area contributed by atoms with Gasteiger partial charge in [-0.3, -0.25) is 0 Å². The van der Waals surface area contributed by atoms with Gasteiger partial charge in [0.05, 0.1) is 0 Å². The number of hydrogen-bond donors (Lipinski definition) is 0. The van der Waals surface area contributed by atoms with Gasteiger partial charge in [0, 0.05) is 22.1 Å². The molecule has 0 fully saturated rings. The highest BCUT2D eigenvalue weighted by Crippen LogP contribution is 2.48. The van der Waals surface area contributed by atoms with E-state index in [1.54, 1.807) is 12.1 Å². The first kappa shape index (κ1) is 28.2. The number of rotatable bonds is 9. The average molecular weight is 605 g/mol. The van der Waals surface area contributed by atoms with Crippen LogP contribution in [0.3, 0.4) is 0 Å². The fourth-order valence-corrected chi connectivity index (χ4v) is 5.07. The normalized spacial score (nSPS) is 13.9. The third kappa shape index (κ3) is 6.69. The summed E-state index contributed by atoms with van der Waals surface area (Å²) in [4.78, 5) is 0. The zero-order valence-electron chi connectivity index (χ0n) is 21.5. The Hall–Kier alpha value is -4.36. The molecule has 0 bridgehead atoms. The summed E-state index contributed by atoms with van der Waals surface area (Å²) in [5, 5.41) is 0. The van der Waals surface area contributed by atoms with Crippen molar-refractivity contribution in [3.05, 3.63) is 108 Å². The number of ether oxygens (including phenoxy) is 3. The van der Waals surface area contributed by atoms with Gasteiger partial charge in [-0.05, 0) is 72.8 Å². The van der Waals surface area contributed by atoms with Crippen LogP contribution in [-0.2, 0) is 26.4 Å². The molecule has 0 atom stereocenters. The van der Waals surface area contributed by atoms with E-state index < -0.39 is 32.7 Å². The molecular weight excluding hydrogens is 582 g/mol. The van der Waals surface area contributed by atoms with Crippen LogP contribution in [0.15, 0.2) is 91.0 Å². The summed E-state index contributed by atoms with van der Waals surface area (Å²) in [7, 11) is -10.4. The van der Waals surface area contributed by atoms with Gasteiger partial charge >= 0.3 is 21.0 Å². The van der Waals surface area contributed by atoms with E-state index in [9.17, 15) is 24.6 Å². The third-order valence-electron chi connectivity index (χ3n) is 6.25. The maximum Gasteiger partial charge on any atom is 0.488 e. The summed E-state index contributed by atoms with van der Waals surface area (Å²) in [5.74, 6) is 1.32. The van der Waals surface area contributed by atoms with E-state index in [1.807, 2.05) is 30.3 Å². The van der Waals surface area contributed by atoms with Gasteiger partial charge in [0.15, 0.2) is 0 Å². The summed E-state index contributed by atoms with van der Waals surface area (Å²) >= 11 is 0. The predicted octanol–water partition coefficient (Wildman–Crippen LogP) is 6.46. The molecular formula is C28H22F2O9S2. The van der Waals surface area contributed by atoms with E-state index in [4.69, 9.17) is 14.2 Å². The van der Waals surface area contributed by atoms with E-state index in [-0.39, 0.29) is 23.0 Å². The average Bonchev–Trinajstić information content (AvgIpc) is 2.89. The standard InChI is InChI=1S/C28H22F2O9S2/c1-28(2)23-5-3-4-6-25(23)37-26-16-7-18(17-24(26)28)27(35-19-8-12-21(13-9-19)38-40(29,31)32)36-20-10-14-22(15-11-20)39-41(30,33)34/h3-17,27H,1-2H3. The van der Waals surface area contributed by atoms with Crippen molar-refractivity contribution < 1.29 is 47.2 Å². The minimum atomic E-state index is -5.20. The summed E-state index contributed by atoms with van der Waals surface area (Å²) in [6, 6.07) is 23.4. The molecule has 0 N–H and O–H groups in total. The molecule has 0 saturated carbocycles. The Labute approximate surface area is 235 Å². The van der Waals surface area contributed by atoms with Gasteiger partial charge in [-0.2, -0.15) is 16.8 Å². The fourth-order valence-electron chi connectivity index (χ4n) is 4.39. The first-order chi connectivity index (χ1) is 19.3. The molecule has 41 heavy (non-hydrogen) atoms. The summed E-state index contributed by atoms with van der Waals surface area (Å²) in [6.45, 7) is 4.12. The molecule has 0 radical (unpaired) electrons. The molecule has 0 unspecified atom stereocenters. The highest BCUT2D eigenvalue weighted by atomic mass is 32.3. The van der Waals surface area contributed by atoms with E-state index in [2.05, 4.69) is 22.2 Å². The van der Waals surface area contributed by atoms with Crippen LogP contribution in [0.1, 0.15) is 36.8 Å². The second kappa shape index (κ2) is 10.6.